The standard InChI is InChI=1S/C15H9ClN2O3/c16-14-8-11(18(19)20)9-15(17-14)21-13-7-3-5-10-4-1-2-6-12(10)13/h1-9H. The van der Waals surface area contributed by atoms with Crippen molar-refractivity contribution in [1.82, 2.24) is 4.98 Å². The second kappa shape index (κ2) is 5.38. The van der Waals surface area contributed by atoms with Crippen molar-refractivity contribution in [3.05, 3.63) is 69.9 Å². The van der Waals surface area contributed by atoms with E-state index in [1.165, 1.54) is 12.1 Å². The van der Waals surface area contributed by atoms with Crippen LogP contribution in [0.5, 0.6) is 11.6 Å². The van der Waals surface area contributed by atoms with Crippen molar-refractivity contribution in [3.8, 4) is 11.6 Å². The first-order valence-corrected chi connectivity index (χ1v) is 6.49. The zero-order chi connectivity index (χ0) is 14.8. The molecule has 2 aromatic carbocycles. The third-order valence-corrected chi connectivity index (χ3v) is 3.12. The van der Waals surface area contributed by atoms with Gasteiger partial charge >= 0.3 is 0 Å². The second-order valence-corrected chi connectivity index (χ2v) is 4.71. The van der Waals surface area contributed by atoms with Crippen LogP contribution in [0, 0.1) is 10.1 Å². The van der Waals surface area contributed by atoms with Crippen molar-refractivity contribution < 1.29 is 9.66 Å². The highest BCUT2D eigenvalue weighted by molar-refractivity contribution is 6.29. The summed E-state index contributed by atoms with van der Waals surface area (Å²) < 4.78 is 5.66. The van der Waals surface area contributed by atoms with E-state index in [1.54, 1.807) is 6.07 Å². The molecule has 0 fully saturated rings. The zero-order valence-electron chi connectivity index (χ0n) is 10.7. The molecule has 0 radical (unpaired) electrons. The minimum Gasteiger partial charge on any atom is -0.438 e. The Balaban J connectivity index is 2.05. The smallest absolute Gasteiger partial charge is 0.277 e. The van der Waals surface area contributed by atoms with Gasteiger partial charge in [0.1, 0.15) is 10.9 Å². The third-order valence-electron chi connectivity index (χ3n) is 2.93. The van der Waals surface area contributed by atoms with E-state index in [4.69, 9.17) is 16.3 Å². The molecule has 6 heteroatoms. The number of halogens is 1. The number of rotatable bonds is 3. The Labute approximate surface area is 124 Å². The lowest BCUT2D eigenvalue weighted by molar-refractivity contribution is -0.385. The van der Waals surface area contributed by atoms with E-state index in [0.29, 0.717) is 5.75 Å². The van der Waals surface area contributed by atoms with E-state index < -0.39 is 4.92 Å². The first kappa shape index (κ1) is 13.3. The van der Waals surface area contributed by atoms with Crippen LogP contribution in [-0.2, 0) is 0 Å². The van der Waals surface area contributed by atoms with E-state index in [2.05, 4.69) is 4.98 Å². The summed E-state index contributed by atoms with van der Waals surface area (Å²) in [5, 5.41) is 12.7. The lowest BCUT2D eigenvalue weighted by Crippen LogP contribution is -1.93. The average molecular weight is 301 g/mol. The number of benzene rings is 2. The Hall–Kier alpha value is -2.66. The molecule has 5 nitrogen and oxygen atoms in total. The normalized spacial score (nSPS) is 10.5. The molecule has 104 valence electrons. The first-order chi connectivity index (χ1) is 10.1. The lowest BCUT2D eigenvalue weighted by Gasteiger charge is -2.08. The van der Waals surface area contributed by atoms with Gasteiger partial charge in [-0.3, -0.25) is 10.1 Å². The van der Waals surface area contributed by atoms with E-state index in [-0.39, 0.29) is 16.7 Å². The molecule has 0 amide bonds. The summed E-state index contributed by atoms with van der Waals surface area (Å²) in [6, 6.07) is 15.7. The number of aromatic nitrogens is 1. The quantitative estimate of drug-likeness (QED) is 0.403. The maximum atomic E-state index is 10.8. The van der Waals surface area contributed by atoms with Crippen LogP contribution < -0.4 is 4.74 Å². The molecule has 1 heterocycles. The second-order valence-electron chi connectivity index (χ2n) is 4.32. The Morgan fingerprint density at radius 3 is 2.67 bits per heavy atom. The minimum atomic E-state index is -0.538. The number of pyridine rings is 1. The van der Waals surface area contributed by atoms with E-state index in [1.807, 2.05) is 36.4 Å². The SMILES string of the molecule is O=[N+]([O-])c1cc(Cl)nc(Oc2cccc3ccccc23)c1. The maximum Gasteiger partial charge on any atom is 0.277 e. The summed E-state index contributed by atoms with van der Waals surface area (Å²) in [6.07, 6.45) is 0. The fourth-order valence-electron chi connectivity index (χ4n) is 2.02. The number of ether oxygens (including phenoxy) is 1. The molecule has 3 rings (SSSR count). The van der Waals surface area contributed by atoms with Crippen LogP contribution in [0.15, 0.2) is 54.6 Å². The van der Waals surface area contributed by atoms with Gasteiger partial charge in [-0.15, -0.1) is 0 Å². The predicted octanol–water partition coefficient (Wildman–Crippen LogP) is 4.59. The molecule has 1 aromatic heterocycles. The van der Waals surface area contributed by atoms with Crippen molar-refractivity contribution in [2.24, 2.45) is 0 Å². The number of hydrogen-bond acceptors (Lipinski definition) is 4. The molecule has 0 unspecified atom stereocenters. The van der Waals surface area contributed by atoms with Crippen LogP contribution in [0.25, 0.3) is 10.8 Å². The summed E-state index contributed by atoms with van der Waals surface area (Å²) in [5.41, 5.74) is -0.162. The highest BCUT2D eigenvalue weighted by atomic mass is 35.5. The van der Waals surface area contributed by atoms with Crippen LogP contribution in [0.2, 0.25) is 5.15 Å². The van der Waals surface area contributed by atoms with Crippen molar-refractivity contribution in [2.45, 2.75) is 0 Å². The Bertz CT molecular complexity index is 831. The molecule has 0 bridgehead atoms. The molecule has 0 saturated carbocycles. The molecular formula is C15H9ClN2O3. The molecule has 0 atom stereocenters. The molecule has 0 saturated heterocycles. The molecule has 0 N–H and O–H groups in total. The van der Waals surface area contributed by atoms with Gasteiger partial charge in [-0.1, -0.05) is 48.0 Å². The van der Waals surface area contributed by atoms with Crippen LogP contribution in [0.3, 0.4) is 0 Å². The molecule has 21 heavy (non-hydrogen) atoms. The van der Waals surface area contributed by atoms with Crippen molar-refractivity contribution in [2.75, 3.05) is 0 Å². The van der Waals surface area contributed by atoms with E-state index >= 15 is 0 Å². The van der Waals surface area contributed by atoms with Crippen LogP contribution in [-0.4, -0.2) is 9.91 Å². The molecule has 0 aliphatic heterocycles. The van der Waals surface area contributed by atoms with Gasteiger partial charge in [0.05, 0.1) is 17.1 Å². The van der Waals surface area contributed by atoms with Gasteiger partial charge in [0, 0.05) is 5.39 Å². The zero-order valence-corrected chi connectivity index (χ0v) is 11.4. The fraction of sp³-hybridized carbons (Fsp3) is 0. The summed E-state index contributed by atoms with van der Waals surface area (Å²) in [6.45, 7) is 0. The summed E-state index contributed by atoms with van der Waals surface area (Å²) in [4.78, 5) is 14.3. The van der Waals surface area contributed by atoms with Gasteiger partial charge in [-0.2, -0.15) is 0 Å². The third kappa shape index (κ3) is 2.78. The number of hydrogen-bond donors (Lipinski definition) is 0. The Kier molecular flexibility index (Phi) is 3.41. The number of fused-ring (bicyclic) bond motifs is 1. The van der Waals surface area contributed by atoms with E-state index in [9.17, 15) is 10.1 Å². The Morgan fingerprint density at radius 2 is 1.86 bits per heavy atom. The minimum absolute atomic E-state index is 0.0134. The number of nitrogens with zero attached hydrogens (tertiary/aromatic N) is 2. The molecular weight excluding hydrogens is 292 g/mol. The Morgan fingerprint density at radius 1 is 1.10 bits per heavy atom. The van der Waals surface area contributed by atoms with Gasteiger partial charge in [0.2, 0.25) is 5.88 Å². The monoisotopic (exact) mass is 300 g/mol. The van der Waals surface area contributed by atoms with Crippen LogP contribution in [0.4, 0.5) is 5.69 Å². The topological polar surface area (TPSA) is 65.3 Å². The van der Waals surface area contributed by atoms with Gasteiger partial charge in [-0.25, -0.2) is 4.98 Å². The average Bonchev–Trinajstić information content (AvgIpc) is 2.47. The highest BCUT2D eigenvalue weighted by Crippen LogP contribution is 2.31. The van der Waals surface area contributed by atoms with Crippen LogP contribution in [0.1, 0.15) is 0 Å². The van der Waals surface area contributed by atoms with Crippen molar-refractivity contribution in [3.63, 3.8) is 0 Å². The molecule has 0 aliphatic rings. The fourth-order valence-corrected chi connectivity index (χ4v) is 2.21. The molecule has 3 aromatic rings. The molecule has 0 aliphatic carbocycles. The number of nitro groups is 1. The summed E-state index contributed by atoms with van der Waals surface area (Å²) in [7, 11) is 0. The summed E-state index contributed by atoms with van der Waals surface area (Å²) >= 11 is 5.78. The largest absolute Gasteiger partial charge is 0.438 e. The van der Waals surface area contributed by atoms with Gasteiger partial charge in [0.15, 0.2) is 0 Å². The van der Waals surface area contributed by atoms with Crippen LogP contribution >= 0.6 is 11.6 Å². The summed E-state index contributed by atoms with van der Waals surface area (Å²) in [5.74, 6) is 0.655. The first-order valence-electron chi connectivity index (χ1n) is 6.11. The lowest BCUT2D eigenvalue weighted by atomic mass is 10.1. The van der Waals surface area contributed by atoms with Crippen molar-refractivity contribution in [1.29, 1.82) is 0 Å². The molecule has 0 spiro atoms. The van der Waals surface area contributed by atoms with Gasteiger partial charge in [0.25, 0.3) is 5.69 Å². The van der Waals surface area contributed by atoms with Crippen molar-refractivity contribution >= 4 is 28.1 Å². The predicted molar refractivity (Wildman–Crippen MR) is 79.9 cm³/mol. The van der Waals surface area contributed by atoms with E-state index in [0.717, 1.165) is 10.8 Å². The highest BCUT2D eigenvalue weighted by Gasteiger charge is 2.12. The van der Waals surface area contributed by atoms with Gasteiger partial charge < -0.3 is 4.74 Å². The van der Waals surface area contributed by atoms with Gasteiger partial charge in [-0.05, 0) is 11.5 Å². The maximum absolute atomic E-state index is 10.8.